The van der Waals surface area contributed by atoms with Crippen molar-refractivity contribution in [2.45, 2.75) is 13.3 Å². The summed E-state index contributed by atoms with van der Waals surface area (Å²) in [4.78, 5) is 11.1. The highest BCUT2D eigenvalue weighted by Gasteiger charge is 2.24. The van der Waals surface area contributed by atoms with Gasteiger partial charge in [-0.25, -0.2) is 4.79 Å². The van der Waals surface area contributed by atoms with Crippen LogP contribution in [0.1, 0.15) is 12.5 Å². The second-order valence-corrected chi connectivity index (χ2v) is 5.52. The molecule has 0 radical (unpaired) electrons. The first-order valence-corrected chi connectivity index (χ1v) is 7.39. The van der Waals surface area contributed by atoms with Crippen molar-refractivity contribution in [2.75, 3.05) is 5.32 Å². The van der Waals surface area contributed by atoms with Crippen LogP contribution in [0.25, 0.3) is 33.0 Å². The minimum Gasteiger partial charge on any atom is -0.465 e. The number of amides is 1. The molecule has 0 saturated heterocycles. The number of rotatable bonds is 2. The van der Waals surface area contributed by atoms with Gasteiger partial charge in [-0.15, -0.1) is 0 Å². The fraction of sp³-hybridized carbons (Fsp3) is 0.105. The highest BCUT2D eigenvalue weighted by molar-refractivity contribution is 6.20. The smallest absolute Gasteiger partial charge is 0.409 e. The highest BCUT2D eigenvalue weighted by atomic mass is 16.4. The standard InChI is InChI=1S/C19H15NO2/c1-2-11-10-16(20-19(21)22)15-9-5-8-14-12-6-3-4-7-13(12)17(11)18(14)15/h3-10,20H,2H2,1H3,(H,21,22). The first kappa shape index (κ1) is 12.9. The van der Waals surface area contributed by atoms with Gasteiger partial charge < -0.3 is 5.11 Å². The molecule has 0 aromatic heterocycles. The molecule has 4 rings (SSSR count). The van der Waals surface area contributed by atoms with Crippen LogP contribution in [0.5, 0.6) is 0 Å². The average molecular weight is 289 g/mol. The van der Waals surface area contributed by atoms with Gasteiger partial charge in [-0.2, -0.15) is 0 Å². The van der Waals surface area contributed by atoms with E-state index in [2.05, 4.69) is 36.5 Å². The summed E-state index contributed by atoms with van der Waals surface area (Å²) in [6.07, 6.45) is -0.166. The van der Waals surface area contributed by atoms with Crippen LogP contribution in [0.4, 0.5) is 10.5 Å². The molecule has 0 heterocycles. The zero-order valence-corrected chi connectivity index (χ0v) is 12.2. The van der Waals surface area contributed by atoms with E-state index in [4.69, 9.17) is 5.11 Å². The van der Waals surface area contributed by atoms with E-state index in [0.29, 0.717) is 5.69 Å². The number of fused-ring (bicyclic) bond motifs is 3. The van der Waals surface area contributed by atoms with E-state index < -0.39 is 6.09 Å². The van der Waals surface area contributed by atoms with Crippen molar-refractivity contribution >= 4 is 22.6 Å². The molecule has 22 heavy (non-hydrogen) atoms. The molecule has 1 aliphatic rings. The predicted octanol–water partition coefficient (Wildman–Crippen LogP) is 5.14. The molecule has 0 unspecified atom stereocenters. The van der Waals surface area contributed by atoms with E-state index in [-0.39, 0.29) is 0 Å². The van der Waals surface area contributed by atoms with E-state index in [1.54, 1.807) is 0 Å². The molecule has 1 aliphatic carbocycles. The van der Waals surface area contributed by atoms with Crippen molar-refractivity contribution in [1.29, 1.82) is 0 Å². The third kappa shape index (κ3) is 1.65. The lowest BCUT2D eigenvalue weighted by molar-refractivity contribution is 0.210. The summed E-state index contributed by atoms with van der Waals surface area (Å²) in [5, 5.41) is 13.8. The Morgan fingerprint density at radius 1 is 1.05 bits per heavy atom. The number of nitrogens with one attached hydrogen (secondary N) is 1. The summed E-state index contributed by atoms with van der Waals surface area (Å²) >= 11 is 0. The van der Waals surface area contributed by atoms with Gasteiger partial charge in [-0.1, -0.05) is 49.4 Å². The van der Waals surface area contributed by atoms with Crippen LogP contribution >= 0.6 is 0 Å². The summed E-state index contributed by atoms with van der Waals surface area (Å²) in [5.74, 6) is 0. The SMILES string of the molecule is CCc1cc(NC(=O)O)c2cccc3c2c1-c1ccccc1-3. The second-order valence-electron chi connectivity index (χ2n) is 5.52. The molecular formula is C19H15NO2. The first-order valence-electron chi connectivity index (χ1n) is 7.39. The first-order chi connectivity index (χ1) is 10.7. The van der Waals surface area contributed by atoms with Crippen molar-refractivity contribution in [3.63, 3.8) is 0 Å². The van der Waals surface area contributed by atoms with E-state index >= 15 is 0 Å². The predicted molar refractivity (Wildman–Crippen MR) is 89.4 cm³/mol. The fourth-order valence-corrected chi connectivity index (χ4v) is 3.50. The normalized spacial score (nSPS) is 11.5. The van der Waals surface area contributed by atoms with Gasteiger partial charge in [0, 0.05) is 5.39 Å². The van der Waals surface area contributed by atoms with Gasteiger partial charge in [0.1, 0.15) is 0 Å². The lowest BCUT2D eigenvalue weighted by atomic mass is 9.95. The zero-order chi connectivity index (χ0) is 15.3. The van der Waals surface area contributed by atoms with Crippen molar-refractivity contribution in [3.8, 4) is 22.3 Å². The molecule has 108 valence electrons. The Morgan fingerprint density at radius 3 is 2.50 bits per heavy atom. The maximum atomic E-state index is 11.1. The summed E-state index contributed by atoms with van der Waals surface area (Å²) < 4.78 is 0. The van der Waals surface area contributed by atoms with Crippen molar-refractivity contribution < 1.29 is 9.90 Å². The monoisotopic (exact) mass is 289 g/mol. The number of carboxylic acid groups (broad SMARTS) is 1. The molecule has 0 atom stereocenters. The highest BCUT2D eigenvalue weighted by Crippen LogP contribution is 2.50. The quantitative estimate of drug-likeness (QED) is 0.537. The molecule has 3 heteroatoms. The molecule has 0 bridgehead atoms. The molecule has 0 spiro atoms. The van der Waals surface area contributed by atoms with Crippen LogP contribution < -0.4 is 5.32 Å². The van der Waals surface area contributed by atoms with Gasteiger partial charge in [0.2, 0.25) is 0 Å². The number of anilines is 1. The molecule has 1 amide bonds. The molecule has 2 N–H and O–H groups in total. The Bertz CT molecular complexity index is 928. The Hall–Kier alpha value is -2.81. The minimum absolute atomic E-state index is 0.665. The van der Waals surface area contributed by atoms with Crippen LogP contribution in [0, 0.1) is 0 Å². The van der Waals surface area contributed by atoms with Crippen LogP contribution in [0.3, 0.4) is 0 Å². The Morgan fingerprint density at radius 2 is 1.77 bits per heavy atom. The van der Waals surface area contributed by atoms with Crippen LogP contribution in [-0.4, -0.2) is 11.2 Å². The Balaban J connectivity index is 2.15. The third-order valence-corrected chi connectivity index (χ3v) is 4.35. The Labute approximate surface area is 128 Å². The lowest BCUT2D eigenvalue weighted by Gasteiger charge is -2.13. The summed E-state index contributed by atoms with van der Waals surface area (Å²) in [6.45, 7) is 2.10. The van der Waals surface area contributed by atoms with Crippen LogP contribution in [-0.2, 0) is 6.42 Å². The molecule has 0 saturated carbocycles. The Kier molecular flexibility index (Phi) is 2.70. The molecule has 3 aromatic carbocycles. The number of hydrogen-bond acceptors (Lipinski definition) is 1. The summed E-state index contributed by atoms with van der Waals surface area (Å²) in [5.41, 5.74) is 6.75. The van der Waals surface area contributed by atoms with Crippen LogP contribution in [0.2, 0.25) is 0 Å². The van der Waals surface area contributed by atoms with Gasteiger partial charge in [-0.3, -0.25) is 5.32 Å². The molecule has 3 aromatic rings. The topological polar surface area (TPSA) is 49.3 Å². The van der Waals surface area contributed by atoms with Crippen molar-refractivity contribution in [2.24, 2.45) is 0 Å². The molecule has 0 fully saturated rings. The lowest BCUT2D eigenvalue weighted by Crippen LogP contribution is -2.08. The fourth-order valence-electron chi connectivity index (χ4n) is 3.50. The number of hydrogen-bond donors (Lipinski definition) is 2. The molecule has 0 aliphatic heterocycles. The molecular weight excluding hydrogens is 274 g/mol. The minimum atomic E-state index is -1.03. The van der Waals surface area contributed by atoms with Gasteiger partial charge in [0.05, 0.1) is 5.69 Å². The van der Waals surface area contributed by atoms with Crippen molar-refractivity contribution in [1.82, 2.24) is 0 Å². The summed E-state index contributed by atoms with van der Waals surface area (Å²) in [7, 11) is 0. The third-order valence-electron chi connectivity index (χ3n) is 4.35. The van der Waals surface area contributed by atoms with E-state index in [1.807, 2.05) is 24.3 Å². The van der Waals surface area contributed by atoms with E-state index in [1.165, 1.54) is 27.8 Å². The van der Waals surface area contributed by atoms with Crippen molar-refractivity contribution in [3.05, 3.63) is 54.1 Å². The maximum Gasteiger partial charge on any atom is 0.409 e. The van der Waals surface area contributed by atoms with E-state index in [9.17, 15) is 4.79 Å². The number of benzene rings is 3. The second kappa shape index (κ2) is 4.60. The average Bonchev–Trinajstić information content (AvgIpc) is 2.86. The number of aryl methyl sites for hydroxylation is 1. The zero-order valence-electron chi connectivity index (χ0n) is 12.2. The number of carbonyl (C=O) groups is 1. The van der Waals surface area contributed by atoms with Gasteiger partial charge in [0.25, 0.3) is 0 Å². The molecule has 3 nitrogen and oxygen atoms in total. The maximum absolute atomic E-state index is 11.1. The van der Waals surface area contributed by atoms with E-state index in [0.717, 1.165) is 17.2 Å². The van der Waals surface area contributed by atoms with Gasteiger partial charge >= 0.3 is 6.09 Å². The van der Waals surface area contributed by atoms with Gasteiger partial charge in [0.15, 0.2) is 0 Å². The summed E-state index contributed by atoms with van der Waals surface area (Å²) in [6, 6.07) is 16.4. The largest absolute Gasteiger partial charge is 0.465 e. The van der Waals surface area contributed by atoms with Gasteiger partial charge in [-0.05, 0) is 45.7 Å². The van der Waals surface area contributed by atoms with Crippen LogP contribution in [0.15, 0.2) is 48.5 Å².